The predicted octanol–water partition coefficient (Wildman–Crippen LogP) is 2.54. The third kappa shape index (κ3) is 3.87. The van der Waals surface area contributed by atoms with Crippen LogP contribution < -0.4 is 11.2 Å². The third-order valence-corrected chi connectivity index (χ3v) is 12.1. The van der Waals surface area contributed by atoms with Gasteiger partial charge in [0.25, 0.3) is 5.56 Å². The fourth-order valence-corrected chi connectivity index (χ4v) is 11.2. The van der Waals surface area contributed by atoms with Gasteiger partial charge in [-0.25, -0.2) is 4.79 Å². The lowest BCUT2D eigenvalue weighted by atomic mass is 10.1. The molecule has 0 unspecified atom stereocenters. The minimum atomic E-state index is -2.77. The number of carbonyl (C=O) groups excluding carboxylic acids is 1. The normalized spacial score (nSPS) is 29.3. The summed E-state index contributed by atoms with van der Waals surface area (Å²) in [5.74, 6) is -0.437. The van der Waals surface area contributed by atoms with Gasteiger partial charge >= 0.3 is 20.2 Å². The van der Waals surface area contributed by atoms with Crippen molar-refractivity contribution in [2.24, 2.45) is 0 Å². The van der Waals surface area contributed by atoms with E-state index in [1.165, 1.54) is 35.5 Å². The van der Waals surface area contributed by atoms with Crippen LogP contribution in [0.4, 0.5) is 0 Å². The average Bonchev–Trinajstić information content (AvgIpc) is 2.89. The summed E-state index contributed by atoms with van der Waals surface area (Å²) in [6.07, 6.45) is 0.379. The van der Waals surface area contributed by atoms with Crippen molar-refractivity contribution in [1.29, 1.82) is 0 Å². The second-order valence-electron chi connectivity index (χ2n) is 9.67. The minimum Gasteiger partial charge on any atom is -0.457 e. The zero-order chi connectivity index (χ0) is 21.8. The average molecular weight is 443 g/mol. The molecule has 2 fully saturated rings. The van der Waals surface area contributed by atoms with Gasteiger partial charge < -0.3 is 13.6 Å². The molecule has 8 nitrogen and oxygen atoms in total. The van der Waals surface area contributed by atoms with E-state index in [9.17, 15) is 14.4 Å². The highest BCUT2D eigenvalue weighted by Gasteiger charge is 2.65. The van der Waals surface area contributed by atoms with Crippen LogP contribution >= 0.6 is 11.8 Å². The van der Waals surface area contributed by atoms with Crippen LogP contribution in [-0.2, 0) is 18.4 Å². The Labute approximate surface area is 175 Å². The van der Waals surface area contributed by atoms with E-state index < -0.39 is 43.4 Å². The first kappa shape index (κ1) is 22.3. The van der Waals surface area contributed by atoms with Crippen LogP contribution in [0.5, 0.6) is 0 Å². The Kier molecular flexibility index (Phi) is 5.70. The lowest BCUT2D eigenvalue weighted by Gasteiger charge is -2.54. The lowest BCUT2D eigenvalue weighted by molar-refractivity contribution is -0.154. The quantitative estimate of drug-likeness (QED) is 0.555. The highest BCUT2D eigenvalue weighted by Crippen LogP contribution is 2.58. The molecule has 0 aliphatic carbocycles. The molecule has 0 radical (unpaired) electrons. The molecule has 0 saturated carbocycles. The molecule has 0 spiro atoms. The van der Waals surface area contributed by atoms with Crippen LogP contribution in [0.1, 0.15) is 53.8 Å². The Balaban J connectivity index is 2.04. The van der Waals surface area contributed by atoms with Crippen molar-refractivity contribution in [3.63, 3.8) is 0 Å². The van der Waals surface area contributed by atoms with Crippen molar-refractivity contribution >= 4 is 26.3 Å². The zero-order valence-corrected chi connectivity index (χ0v) is 19.8. The molecule has 0 bridgehead atoms. The second kappa shape index (κ2) is 7.40. The van der Waals surface area contributed by atoms with Crippen LogP contribution in [-0.4, -0.2) is 48.1 Å². The number of nitrogens with one attached hydrogen (secondary N) is 1. The predicted molar refractivity (Wildman–Crippen MR) is 113 cm³/mol. The summed E-state index contributed by atoms with van der Waals surface area (Å²) in [7, 11) is -2.77. The van der Waals surface area contributed by atoms with Crippen molar-refractivity contribution in [2.75, 3.05) is 6.61 Å². The van der Waals surface area contributed by atoms with E-state index in [-0.39, 0.29) is 15.3 Å². The molecule has 0 aromatic carbocycles. The molecule has 162 valence electrons. The Hall–Kier alpha value is -1.36. The van der Waals surface area contributed by atoms with Crippen LogP contribution in [0, 0.1) is 0 Å². The molecule has 2 aliphatic rings. The molecule has 3 rings (SSSR count). The van der Waals surface area contributed by atoms with Gasteiger partial charge in [0.1, 0.15) is 11.5 Å². The summed E-state index contributed by atoms with van der Waals surface area (Å²) in [6.45, 7) is 14.5. The molecule has 1 aromatic heterocycles. The topological polar surface area (TPSA) is 99.6 Å². The van der Waals surface area contributed by atoms with Crippen LogP contribution in [0.15, 0.2) is 21.9 Å². The molecule has 1 aromatic rings. The van der Waals surface area contributed by atoms with Gasteiger partial charge in [0.15, 0.2) is 6.10 Å². The van der Waals surface area contributed by atoms with Crippen LogP contribution in [0.3, 0.4) is 0 Å². The Morgan fingerprint density at radius 1 is 1.24 bits per heavy atom. The van der Waals surface area contributed by atoms with Gasteiger partial charge in [0.05, 0.1) is 11.9 Å². The number of hydrogen-bond acceptors (Lipinski definition) is 7. The first-order chi connectivity index (χ1) is 13.3. The summed E-state index contributed by atoms with van der Waals surface area (Å²) in [5.41, 5.74) is -1.01. The van der Waals surface area contributed by atoms with Gasteiger partial charge in [-0.2, -0.15) is 0 Å². The van der Waals surface area contributed by atoms with Crippen LogP contribution in [0.25, 0.3) is 0 Å². The number of carbonyl (C=O) groups is 1. The van der Waals surface area contributed by atoms with Crippen molar-refractivity contribution < 1.29 is 18.4 Å². The van der Waals surface area contributed by atoms with Gasteiger partial charge in [-0.05, 0) is 0 Å². The standard InChI is InChI=1S/C19H30N2O6SSi/c1-11(22)26-15-14-12(28-16(15)21-9-8-13(23)20-17(21)24)10-25-29(27-14,18(2,3)4)19(5,6)7/h8-9,12,14-16H,10H2,1-7H3,(H,20,23,24)/t12-,14-,15-,16-/m1/s1. The number of aromatic amines is 1. The Morgan fingerprint density at radius 2 is 1.86 bits per heavy atom. The molecular weight excluding hydrogens is 412 g/mol. The van der Waals surface area contributed by atoms with E-state index >= 15 is 0 Å². The van der Waals surface area contributed by atoms with E-state index in [2.05, 4.69) is 46.5 Å². The highest BCUT2D eigenvalue weighted by molar-refractivity contribution is 8.00. The van der Waals surface area contributed by atoms with E-state index in [1.54, 1.807) is 0 Å². The molecule has 0 amide bonds. The van der Waals surface area contributed by atoms with E-state index in [0.717, 1.165) is 0 Å². The number of nitrogens with zero attached hydrogens (tertiary/aromatic N) is 1. The van der Waals surface area contributed by atoms with Crippen LogP contribution in [0.2, 0.25) is 10.1 Å². The molecule has 4 atom stereocenters. The van der Waals surface area contributed by atoms with Gasteiger partial charge in [-0.15, -0.1) is 11.8 Å². The molecule has 10 heteroatoms. The summed E-state index contributed by atoms with van der Waals surface area (Å²) < 4.78 is 20.4. The molecule has 1 N–H and O–H groups in total. The summed E-state index contributed by atoms with van der Waals surface area (Å²) >= 11 is 1.48. The largest absolute Gasteiger partial charge is 0.457 e. The van der Waals surface area contributed by atoms with E-state index in [0.29, 0.717) is 6.61 Å². The maximum absolute atomic E-state index is 12.4. The molecule has 29 heavy (non-hydrogen) atoms. The number of hydrogen-bond donors (Lipinski definition) is 1. The molecule has 2 saturated heterocycles. The number of aromatic nitrogens is 2. The number of H-pyrrole nitrogens is 1. The number of esters is 1. The number of fused-ring (bicyclic) bond motifs is 1. The Morgan fingerprint density at radius 3 is 2.38 bits per heavy atom. The minimum absolute atomic E-state index is 0.0893. The van der Waals surface area contributed by atoms with Gasteiger partial charge in [-0.3, -0.25) is 19.1 Å². The third-order valence-electron chi connectivity index (χ3n) is 5.44. The molecule has 3 heterocycles. The molecule has 2 aliphatic heterocycles. The van der Waals surface area contributed by atoms with Gasteiger partial charge in [0, 0.05) is 29.3 Å². The van der Waals surface area contributed by atoms with Crippen molar-refractivity contribution in [1.82, 2.24) is 9.55 Å². The fourth-order valence-electron chi connectivity index (χ4n) is 4.49. The first-order valence-corrected chi connectivity index (χ1v) is 12.5. The summed E-state index contributed by atoms with van der Waals surface area (Å²) in [5, 5.41) is -1.02. The fraction of sp³-hybridized carbons (Fsp3) is 0.737. The smallest absolute Gasteiger partial charge is 0.349 e. The zero-order valence-electron chi connectivity index (χ0n) is 18.0. The van der Waals surface area contributed by atoms with Gasteiger partial charge in [0.2, 0.25) is 0 Å². The van der Waals surface area contributed by atoms with Crippen molar-refractivity contribution in [3.05, 3.63) is 33.1 Å². The van der Waals surface area contributed by atoms with E-state index in [1.807, 2.05) is 0 Å². The van der Waals surface area contributed by atoms with Crippen molar-refractivity contribution in [3.8, 4) is 0 Å². The summed E-state index contributed by atoms with van der Waals surface area (Å²) in [4.78, 5) is 38.0. The van der Waals surface area contributed by atoms with Crippen molar-refractivity contribution in [2.45, 2.75) is 81.4 Å². The number of rotatable bonds is 2. The number of thioether (sulfide) groups is 1. The maximum atomic E-state index is 12.4. The SMILES string of the molecule is CC(=O)O[C@@H]1[C@@H]2O[Si](C(C)(C)C)(C(C)(C)C)OC[C@H]2S[C@H]1n1ccc(=O)[nH]c1=O. The molecular formula is C19H30N2O6SSi. The number of ether oxygens (including phenoxy) is 1. The Bertz CT molecular complexity index is 885. The highest BCUT2D eigenvalue weighted by atomic mass is 32.2. The monoisotopic (exact) mass is 442 g/mol. The second-order valence-corrected chi connectivity index (χ2v) is 15.8. The van der Waals surface area contributed by atoms with Gasteiger partial charge in [-0.1, -0.05) is 41.5 Å². The lowest BCUT2D eigenvalue weighted by Crippen LogP contribution is -2.65. The summed E-state index contributed by atoms with van der Waals surface area (Å²) in [6, 6.07) is 1.29. The van der Waals surface area contributed by atoms with E-state index in [4.69, 9.17) is 13.6 Å². The first-order valence-electron chi connectivity index (χ1n) is 9.73. The maximum Gasteiger partial charge on any atom is 0.349 e.